The number of hydrogen-bond acceptors (Lipinski definition) is 8. The topological polar surface area (TPSA) is 64.7 Å². The van der Waals surface area contributed by atoms with E-state index in [0.717, 1.165) is 14.2 Å². The Morgan fingerprint density at radius 3 is 2.81 bits per heavy atom. The fourth-order valence-corrected chi connectivity index (χ4v) is 4.02. The van der Waals surface area contributed by atoms with Crippen LogP contribution in [0.4, 0.5) is 0 Å². The second-order valence-corrected chi connectivity index (χ2v) is 7.48. The maximum absolute atomic E-state index is 6.11. The number of nitrogens with zero attached hydrogens (tertiary/aromatic N) is 4. The third kappa shape index (κ3) is 3.57. The largest absolute Gasteiger partial charge is 0.334 e. The quantitative estimate of drug-likeness (QED) is 0.633. The summed E-state index contributed by atoms with van der Waals surface area (Å²) < 4.78 is 7.09. The van der Waals surface area contributed by atoms with Gasteiger partial charge in [0.05, 0.1) is 16.3 Å². The minimum Gasteiger partial charge on any atom is -0.334 e. The van der Waals surface area contributed by atoms with Crippen LogP contribution in [-0.2, 0) is 5.75 Å². The van der Waals surface area contributed by atoms with Crippen LogP contribution in [0.25, 0.3) is 11.5 Å². The van der Waals surface area contributed by atoms with Gasteiger partial charge >= 0.3 is 0 Å². The SMILES string of the molecule is CSc1nnc(SCc2noc(-c3ccccc3Cl)n2)s1. The van der Waals surface area contributed by atoms with Crippen molar-refractivity contribution in [2.75, 3.05) is 6.26 Å². The van der Waals surface area contributed by atoms with Crippen molar-refractivity contribution in [3.8, 4) is 11.5 Å². The molecule has 3 aromatic rings. The Kier molecular flexibility index (Phi) is 4.79. The molecule has 21 heavy (non-hydrogen) atoms. The molecule has 3 rings (SSSR count). The Hall–Kier alpha value is -1.09. The van der Waals surface area contributed by atoms with E-state index in [2.05, 4.69) is 20.3 Å². The highest BCUT2D eigenvalue weighted by Crippen LogP contribution is 2.30. The van der Waals surface area contributed by atoms with Crippen molar-refractivity contribution in [3.05, 3.63) is 35.1 Å². The number of hydrogen-bond donors (Lipinski definition) is 0. The fourth-order valence-electron chi connectivity index (χ4n) is 1.52. The van der Waals surface area contributed by atoms with Gasteiger partial charge in [0.15, 0.2) is 14.5 Å². The Morgan fingerprint density at radius 1 is 1.24 bits per heavy atom. The second-order valence-electron chi connectivity index (χ2n) is 3.82. The average Bonchev–Trinajstić information content (AvgIpc) is 3.14. The van der Waals surface area contributed by atoms with Crippen LogP contribution < -0.4 is 0 Å². The van der Waals surface area contributed by atoms with Crippen molar-refractivity contribution in [2.45, 2.75) is 14.4 Å². The first-order valence-electron chi connectivity index (χ1n) is 5.84. The van der Waals surface area contributed by atoms with Crippen LogP contribution in [0, 0.1) is 0 Å². The first-order chi connectivity index (χ1) is 10.3. The Labute approximate surface area is 138 Å². The van der Waals surface area contributed by atoms with E-state index in [1.807, 2.05) is 24.5 Å². The molecule has 0 radical (unpaired) electrons. The van der Waals surface area contributed by atoms with E-state index in [0.29, 0.717) is 22.5 Å². The van der Waals surface area contributed by atoms with Gasteiger partial charge in [0, 0.05) is 0 Å². The van der Waals surface area contributed by atoms with Gasteiger partial charge in [-0.2, -0.15) is 4.98 Å². The summed E-state index contributed by atoms with van der Waals surface area (Å²) in [5, 5.41) is 12.7. The van der Waals surface area contributed by atoms with E-state index in [1.54, 1.807) is 29.2 Å². The monoisotopic (exact) mass is 356 g/mol. The molecule has 0 atom stereocenters. The molecule has 2 heterocycles. The normalized spacial score (nSPS) is 11.0. The lowest BCUT2D eigenvalue weighted by molar-refractivity contribution is 0.425. The molecule has 0 fully saturated rings. The van der Waals surface area contributed by atoms with Crippen LogP contribution in [0.1, 0.15) is 5.82 Å². The summed E-state index contributed by atoms with van der Waals surface area (Å²) in [5.74, 6) is 1.62. The van der Waals surface area contributed by atoms with Crippen molar-refractivity contribution in [1.82, 2.24) is 20.3 Å². The van der Waals surface area contributed by atoms with Crippen LogP contribution in [0.2, 0.25) is 5.02 Å². The van der Waals surface area contributed by atoms with E-state index >= 15 is 0 Å². The van der Waals surface area contributed by atoms with Gasteiger partial charge in [-0.25, -0.2) is 0 Å². The number of rotatable bonds is 5. The van der Waals surface area contributed by atoms with Gasteiger partial charge in [-0.05, 0) is 18.4 Å². The highest BCUT2D eigenvalue weighted by Gasteiger charge is 2.13. The van der Waals surface area contributed by atoms with Gasteiger partial charge < -0.3 is 4.52 Å². The van der Waals surface area contributed by atoms with Crippen LogP contribution >= 0.6 is 46.5 Å². The number of aromatic nitrogens is 4. The van der Waals surface area contributed by atoms with Gasteiger partial charge in [0.1, 0.15) is 0 Å². The van der Waals surface area contributed by atoms with Crippen LogP contribution in [0.15, 0.2) is 37.5 Å². The number of halogens is 1. The number of thioether (sulfide) groups is 2. The molecule has 0 bridgehead atoms. The molecule has 2 aromatic heterocycles. The predicted molar refractivity (Wildman–Crippen MR) is 86.0 cm³/mol. The summed E-state index contributed by atoms with van der Waals surface area (Å²) in [6.07, 6.45) is 1.98. The lowest BCUT2D eigenvalue weighted by Crippen LogP contribution is -1.84. The molecule has 0 saturated carbocycles. The van der Waals surface area contributed by atoms with Crippen molar-refractivity contribution in [3.63, 3.8) is 0 Å². The van der Waals surface area contributed by atoms with Crippen molar-refractivity contribution in [1.29, 1.82) is 0 Å². The van der Waals surface area contributed by atoms with Gasteiger partial charge in [-0.15, -0.1) is 10.2 Å². The van der Waals surface area contributed by atoms with E-state index in [4.69, 9.17) is 16.1 Å². The zero-order valence-electron chi connectivity index (χ0n) is 10.8. The van der Waals surface area contributed by atoms with E-state index in [9.17, 15) is 0 Å². The van der Waals surface area contributed by atoms with Crippen LogP contribution in [0.3, 0.4) is 0 Å². The molecule has 0 saturated heterocycles. The smallest absolute Gasteiger partial charge is 0.259 e. The highest BCUT2D eigenvalue weighted by atomic mass is 35.5. The summed E-state index contributed by atoms with van der Waals surface area (Å²) >= 11 is 10.8. The first-order valence-corrected chi connectivity index (χ1v) is 9.24. The summed E-state index contributed by atoms with van der Waals surface area (Å²) in [6, 6.07) is 7.38. The summed E-state index contributed by atoms with van der Waals surface area (Å²) in [5.41, 5.74) is 0.739. The minimum atomic E-state index is 0.429. The molecule has 5 nitrogen and oxygen atoms in total. The predicted octanol–water partition coefficient (Wildman–Crippen LogP) is 4.26. The summed E-state index contributed by atoms with van der Waals surface area (Å²) in [6.45, 7) is 0. The number of benzene rings is 1. The molecule has 0 amide bonds. The molecule has 9 heteroatoms. The molecule has 0 aliphatic heterocycles. The van der Waals surface area contributed by atoms with E-state index < -0.39 is 0 Å². The van der Waals surface area contributed by atoms with Gasteiger partial charge in [0.25, 0.3) is 5.89 Å². The maximum Gasteiger partial charge on any atom is 0.259 e. The maximum atomic E-state index is 6.11. The van der Waals surface area contributed by atoms with E-state index in [1.165, 1.54) is 11.8 Å². The molecule has 1 aromatic carbocycles. The highest BCUT2D eigenvalue weighted by molar-refractivity contribution is 8.02. The van der Waals surface area contributed by atoms with Crippen molar-refractivity contribution in [2.24, 2.45) is 0 Å². The molecule has 108 valence electrons. The molecule has 0 aliphatic rings. The van der Waals surface area contributed by atoms with Gasteiger partial charge in [-0.3, -0.25) is 0 Å². The third-order valence-electron chi connectivity index (χ3n) is 2.46. The average molecular weight is 357 g/mol. The van der Waals surface area contributed by atoms with Gasteiger partial charge in [0.2, 0.25) is 0 Å². The minimum absolute atomic E-state index is 0.429. The van der Waals surface area contributed by atoms with Crippen LogP contribution in [0.5, 0.6) is 0 Å². The molecule has 0 aliphatic carbocycles. The Balaban J connectivity index is 1.69. The molecule has 0 N–H and O–H groups in total. The summed E-state index contributed by atoms with van der Waals surface area (Å²) in [7, 11) is 0. The van der Waals surface area contributed by atoms with E-state index in [-0.39, 0.29) is 0 Å². The molecular weight excluding hydrogens is 348 g/mol. The van der Waals surface area contributed by atoms with Crippen molar-refractivity contribution >= 4 is 46.5 Å². The van der Waals surface area contributed by atoms with Crippen LogP contribution in [-0.4, -0.2) is 26.6 Å². The zero-order valence-corrected chi connectivity index (χ0v) is 14.0. The fraction of sp³-hybridized carbons (Fsp3) is 0.167. The molecule has 0 unspecified atom stereocenters. The molecular formula is C12H9ClN4OS3. The Morgan fingerprint density at radius 2 is 2.05 bits per heavy atom. The van der Waals surface area contributed by atoms with Gasteiger partial charge in [-0.1, -0.05) is 63.8 Å². The zero-order chi connectivity index (χ0) is 14.7. The standard InChI is InChI=1S/C12H9ClN4OS3/c1-19-11-15-16-12(21-11)20-6-9-14-10(18-17-9)7-4-2-3-5-8(7)13/h2-5H,6H2,1H3. The summed E-state index contributed by atoms with van der Waals surface area (Å²) in [4.78, 5) is 4.35. The third-order valence-corrected chi connectivity index (χ3v) is 5.82. The molecule has 0 spiro atoms. The first kappa shape index (κ1) is 14.8. The lowest BCUT2D eigenvalue weighted by Gasteiger charge is -1.95. The Bertz CT molecular complexity index is 745. The second kappa shape index (κ2) is 6.78. The van der Waals surface area contributed by atoms with Crippen molar-refractivity contribution < 1.29 is 4.52 Å². The lowest BCUT2D eigenvalue weighted by atomic mass is 10.2.